The van der Waals surface area contributed by atoms with Gasteiger partial charge in [-0.2, -0.15) is 10.4 Å². The Morgan fingerprint density at radius 2 is 1.71 bits per heavy atom. The standard InChI is InChI=1S/C23H14Cl2N4O2/c1-14-2-4-15(5-3-14)22-21(13-26)28(17-7-9-18(10-8-17)29(30)31)27-23(22)19-11-6-16(24)12-20(19)25/h2-12H,1H3. The molecule has 0 saturated carbocycles. The van der Waals surface area contributed by atoms with Crippen molar-refractivity contribution >= 4 is 28.9 Å². The van der Waals surface area contributed by atoms with E-state index >= 15 is 0 Å². The van der Waals surface area contributed by atoms with Crippen molar-refractivity contribution < 1.29 is 4.92 Å². The van der Waals surface area contributed by atoms with E-state index in [0.717, 1.165) is 11.1 Å². The molecular formula is C23H14Cl2N4O2. The van der Waals surface area contributed by atoms with Gasteiger partial charge in [0.2, 0.25) is 0 Å². The molecule has 152 valence electrons. The summed E-state index contributed by atoms with van der Waals surface area (Å²) in [5.41, 5.74) is 4.40. The average Bonchev–Trinajstić information content (AvgIpc) is 3.13. The molecule has 0 spiro atoms. The largest absolute Gasteiger partial charge is 0.269 e. The zero-order valence-electron chi connectivity index (χ0n) is 16.2. The van der Waals surface area contributed by atoms with Crippen LogP contribution in [0.4, 0.5) is 5.69 Å². The molecule has 4 aromatic rings. The van der Waals surface area contributed by atoms with E-state index in [1.807, 2.05) is 31.2 Å². The molecule has 3 aromatic carbocycles. The summed E-state index contributed by atoms with van der Waals surface area (Å²) >= 11 is 12.5. The van der Waals surface area contributed by atoms with Gasteiger partial charge in [0, 0.05) is 28.3 Å². The van der Waals surface area contributed by atoms with E-state index < -0.39 is 4.92 Å². The lowest BCUT2D eigenvalue weighted by atomic mass is 9.98. The van der Waals surface area contributed by atoms with Crippen molar-refractivity contribution in [3.8, 4) is 34.1 Å². The maximum Gasteiger partial charge on any atom is 0.269 e. The summed E-state index contributed by atoms with van der Waals surface area (Å²) in [5, 5.41) is 26.6. The predicted octanol–water partition coefficient (Wildman–Crippen LogP) is 6.60. The zero-order chi connectivity index (χ0) is 22.1. The summed E-state index contributed by atoms with van der Waals surface area (Å²) in [5.74, 6) is 0. The van der Waals surface area contributed by atoms with Crippen LogP contribution >= 0.6 is 23.2 Å². The van der Waals surface area contributed by atoms with Gasteiger partial charge in [-0.05, 0) is 42.8 Å². The summed E-state index contributed by atoms with van der Waals surface area (Å²) < 4.78 is 1.47. The SMILES string of the molecule is Cc1ccc(-c2c(-c3ccc(Cl)cc3Cl)nn(-c3ccc([N+](=O)[O-])cc3)c2C#N)cc1. The lowest BCUT2D eigenvalue weighted by molar-refractivity contribution is -0.384. The Kier molecular flexibility index (Phi) is 5.47. The molecule has 6 nitrogen and oxygen atoms in total. The fourth-order valence-corrected chi connectivity index (χ4v) is 3.79. The molecule has 0 aliphatic carbocycles. The van der Waals surface area contributed by atoms with Crippen LogP contribution in [0.3, 0.4) is 0 Å². The Balaban J connectivity index is 2.00. The fourth-order valence-electron chi connectivity index (χ4n) is 3.29. The van der Waals surface area contributed by atoms with E-state index in [-0.39, 0.29) is 5.69 Å². The van der Waals surface area contributed by atoms with Crippen LogP contribution in [-0.2, 0) is 0 Å². The number of hydrogen-bond donors (Lipinski definition) is 0. The van der Waals surface area contributed by atoms with Crippen LogP contribution in [0.5, 0.6) is 0 Å². The van der Waals surface area contributed by atoms with Crippen LogP contribution < -0.4 is 0 Å². The molecule has 31 heavy (non-hydrogen) atoms. The van der Waals surface area contributed by atoms with Gasteiger partial charge in [0.15, 0.2) is 5.69 Å². The number of nitro groups is 1. The maximum atomic E-state index is 11.0. The minimum absolute atomic E-state index is 0.0471. The first-order valence-corrected chi connectivity index (χ1v) is 9.95. The second-order valence-electron chi connectivity index (χ2n) is 6.86. The van der Waals surface area contributed by atoms with Gasteiger partial charge in [0.1, 0.15) is 11.8 Å². The molecule has 0 radical (unpaired) electrons. The smallest absolute Gasteiger partial charge is 0.258 e. The molecular weight excluding hydrogens is 435 g/mol. The second-order valence-corrected chi connectivity index (χ2v) is 7.70. The number of aromatic nitrogens is 2. The van der Waals surface area contributed by atoms with Gasteiger partial charge in [-0.1, -0.05) is 53.0 Å². The van der Waals surface area contributed by atoms with Crippen molar-refractivity contribution in [1.29, 1.82) is 5.26 Å². The average molecular weight is 449 g/mol. The van der Waals surface area contributed by atoms with E-state index in [4.69, 9.17) is 23.2 Å². The lowest BCUT2D eigenvalue weighted by Crippen LogP contribution is -2.00. The number of nitrogens with zero attached hydrogens (tertiary/aromatic N) is 4. The molecule has 4 rings (SSSR count). The van der Waals surface area contributed by atoms with Gasteiger partial charge in [-0.25, -0.2) is 4.68 Å². The number of aryl methyl sites for hydroxylation is 1. The van der Waals surface area contributed by atoms with Gasteiger partial charge in [-0.3, -0.25) is 10.1 Å². The molecule has 0 fully saturated rings. The molecule has 0 aliphatic rings. The Morgan fingerprint density at radius 1 is 1.03 bits per heavy atom. The van der Waals surface area contributed by atoms with Crippen molar-refractivity contribution in [2.75, 3.05) is 0 Å². The van der Waals surface area contributed by atoms with Crippen LogP contribution in [0, 0.1) is 28.4 Å². The number of nitriles is 1. The third kappa shape index (κ3) is 3.89. The number of hydrogen-bond acceptors (Lipinski definition) is 4. The number of halogens is 2. The van der Waals surface area contributed by atoms with Gasteiger partial charge in [0.25, 0.3) is 5.69 Å². The van der Waals surface area contributed by atoms with Gasteiger partial charge >= 0.3 is 0 Å². The molecule has 0 bridgehead atoms. The third-order valence-corrected chi connectivity index (χ3v) is 5.37. The van der Waals surface area contributed by atoms with Crippen LogP contribution in [0.2, 0.25) is 10.0 Å². The first-order valence-electron chi connectivity index (χ1n) is 9.19. The van der Waals surface area contributed by atoms with Gasteiger partial charge in [0.05, 0.1) is 15.6 Å². The van der Waals surface area contributed by atoms with Gasteiger partial charge in [-0.15, -0.1) is 0 Å². The maximum absolute atomic E-state index is 11.0. The molecule has 8 heteroatoms. The third-order valence-electron chi connectivity index (χ3n) is 4.82. The van der Waals surface area contributed by atoms with Crippen LogP contribution in [0.25, 0.3) is 28.1 Å². The topological polar surface area (TPSA) is 84.8 Å². The highest BCUT2D eigenvalue weighted by Gasteiger charge is 2.23. The van der Waals surface area contributed by atoms with Crippen molar-refractivity contribution in [2.24, 2.45) is 0 Å². The second kappa shape index (κ2) is 8.23. The normalized spacial score (nSPS) is 10.6. The van der Waals surface area contributed by atoms with E-state index in [2.05, 4.69) is 11.2 Å². The number of nitro benzene ring substituents is 1. The van der Waals surface area contributed by atoms with Crippen molar-refractivity contribution in [3.63, 3.8) is 0 Å². The zero-order valence-corrected chi connectivity index (χ0v) is 17.7. The van der Waals surface area contributed by atoms with Crippen LogP contribution in [-0.4, -0.2) is 14.7 Å². The first-order chi connectivity index (χ1) is 14.9. The van der Waals surface area contributed by atoms with Crippen molar-refractivity contribution in [1.82, 2.24) is 9.78 Å². The summed E-state index contributed by atoms with van der Waals surface area (Å²) in [6.07, 6.45) is 0. The molecule has 0 atom stereocenters. The monoisotopic (exact) mass is 448 g/mol. The first kappa shape index (κ1) is 20.6. The fraction of sp³-hybridized carbons (Fsp3) is 0.0435. The summed E-state index contributed by atoms with van der Waals surface area (Å²) in [4.78, 5) is 10.5. The minimum Gasteiger partial charge on any atom is -0.258 e. The lowest BCUT2D eigenvalue weighted by Gasteiger charge is -2.06. The predicted molar refractivity (Wildman–Crippen MR) is 121 cm³/mol. The summed E-state index contributed by atoms with van der Waals surface area (Å²) in [7, 11) is 0. The molecule has 0 unspecified atom stereocenters. The van der Waals surface area contributed by atoms with Crippen molar-refractivity contribution in [2.45, 2.75) is 6.92 Å². The highest BCUT2D eigenvalue weighted by molar-refractivity contribution is 6.36. The quantitative estimate of drug-likeness (QED) is 0.260. The number of rotatable bonds is 4. The Hall–Kier alpha value is -3.66. The molecule has 0 aliphatic heterocycles. The molecule has 0 saturated heterocycles. The molecule has 0 amide bonds. The van der Waals surface area contributed by atoms with E-state index in [1.165, 1.54) is 16.8 Å². The number of non-ortho nitro benzene ring substituents is 1. The summed E-state index contributed by atoms with van der Waals surface area (Å²) in [6, 6.07) is 20.9. The molecule has 1 aromatic heterocycles. The highest BCUT2D eigenvalue weighted by atomic mass is 35.5. The van der Waals surface area contributed by atoms with Crippen LogP contribution in [0.1, 0.15) is 11.3 Å². The Morgan fingerprint density at radius 3 is 2.29 bits per heavy atom. The summed E-state index contributed by atoms with van der Waals surface area (Å²) in [6.45, 7) is 1.98. The van der Waals surface area contributed by atoms with E-state index in [0.29, 0.717) is 38.2 Å². The van der Waals surface area contributed by atoms with Crippen molar-refractivity contribution in [3.05, 3.63) is 98.1 Å². The molecule has 0 N–H and O–H groups in total. The Bertz CT molecular complexity index is 1340. The Labute approximate surface area is 188 Å². The highest BCUT2D eigenvalue weighted by Crippen LogP contribution is 2.39. The van der Waals surface area contributed by atoms with Crippen LogP contribution in [0.15, 0.2) is 66.7 Å². The van der Waals surface area contributed by atoms with E-state index in [1.54, 1.807) is 30.3 Å². The molecule has 1 heterocycles. The van der Waals surface area contributed by atoms with E-state index in [9.17, 15) is 15.4 Å². The number of benzene rings is 3. The van der Waals surface area contributed by atoms with Gasteiger partial charge < -0.3 is 0 Å². The minimum atomic E-state index is -0.477.